The van der Waals surface area contributed by atoms with Gasteiger partial charge in [0.15, 0.2) is 5.82 Å². The minimum atomic E-state index is 0.114. The Balaban J connectivity index is 2.10. The van der Waals surface area contributed by atoms with Crippen LogP contribution in [-0.2, 0) is 0 Å². The quantitative estimate of drug-likeness (QED) is 0.824. The summed E-state index contributed by atoms with van der Waals surface area (Å²) in [6.45, 7) is 0. The van der Waals surface area contributed by atoms with Gasteiger partial charge in [0.1, 0.15) is 23.2 Å². The molecular formula is C18H20N4O. The van der Waals surface area contributed by atoms with E-state index in [1.807, 2.05) is 6.07 Å². The normalized spacial score (nSPS) is 15.8. The fourth-order valence-corrected chi connectivity index (χ4v) is 3.24. The van der Waals surface area contributed by atoms with Gasteiger partial charge in [-0.1, -0.05) is 37.8 Å². The van der Waals surface area contributed by atoms with Crippen LogP contribution in [0.5, 0.6) is 5.75 Å². The number of nitrogens with zero attached hydrogens (tertiary/aromatic N) is 3. The Morgan fingerprint density at radius 1 is 1.09 bits per heavy atom. The second-order valence-corrected chi connectivity index (χ2v) is 6.01. The first-order chi connectivity index (χ1) is 11.2. The van der Waals surface area contributed by atoms with Gasteiger partial charge in [-0.2, -0.15) is 5.26 Å². The van der Waals surface area contributed by atoms with E-state index in [2.05, 4.69) is 16.0 Å². The lowest BCUT2D eigenvalue weighted by atomic mass is 9.93. The topological polar surface area (TPSA) is 95.8 Å². The zero-order chi connectivity index (χ0) is 16.2. The second-order valence-electron chi connectivity index (χ2n) is 6.01. The van der Waals surface area contributed by atoms with Gasteiger partial charge in [-0.15, -0.1) is 0 Å². The van der Waals surface area contributed by atoms with Gasteiger partial charge in [-0.3, -0.25) is 0 Å². The smallest absolute Gasteiger partial charge is 0.165 e. The number of hydrogen-bond donors (Lipinski definition) is 2. The Bertz CT molecular complexity index is 743. The molecule has 0 aliphatic heterocycles. The number of hydrogen-bond acceptors (Lipinski definition) is 5. The summed E-state index contributed by atoms with van der Waals surface area (Å²) in [4.78, 5) is 8.87. The molecular weight excluding hydrogens is 288 g/mol. The number of para-hydroxylation sites is 1. The first-order valence-corrected chi connectivity index (χ1v) is 8.06. The third kappa shape index (κ3) is 3.11. The fraction of sp³-hybridized carbons (Fsp3) is 0.389. The van der Waals surface area contributed by atoms with Crippen LogP contribution in [0.3, 0.4) is 0 Å². The van der Waals surface area contributed by atoms with Crippen LogP contribution in [0.1, 0.15) is 55.7 Å². The highest BCUT2D eigenvalue weighted by molar-refractivity contribution is 5.66. The number of nitriles is 1. The Kier molecular flexibility index (Phi) is 4.42. The van der Waals surface area contributed by atoms with E-state index in [1.54, 1.807) is 18.2 Å². The molecule has 118 valence electrons. The van der Waals surface area contributed by atoms with Crippen LogP contribution >= 0.6 is 0 Å². The van der Waals surface area contributed by atoms with Crippen molar-refractivity contribution in [3.8, 4) is 23.2 Å². The maximum Gasteiger partial charge on any atom is 0.165 e. The Morgan fingerprint density at radius 3 is 2.43 bits per heavy atom. The average Bonchev–Trinajstić information content (AvgIpc) is 2.83. The van der Waals surface area contributed by atoms with Gasteiger partial charge in [-0.25, -0.2) is 9.97 Å². The Hall–Kier alpha value is -2.61. The molecule has 1 aromatic carbocycles. The monoisotopic (exact) mass is 308 g/mol. The summed E-state index contributed by atoms with van der Waals surface area (Å²) in [5, 5.41) is 19.5. The summed E-state index contributed by atoms with van der Waals surface area (Å²) >= 11 is 0. The lowest BCUT2D eigenvalue weighted by Gasteiger charge is -2.17. The van der Waals surface area contributed by atoms with E-state index in [4.69, 9.17) is 5.73 Å². The maximum atomic E-state index is 10.0. The summed E-state index contributed by atoms with van der Waals surface area (Å²) in [5.41, 5.74) is 7.67. The van der Waals surface area contributed by atoms with Crippen molar-refractivity contribution in [2.75, 3.05) is 5.73 Å². The summed E-state index contributed by atoms with van der Waals surface area (Å²) in [5.74, 6) is 0.935. The van der Waals surface area contributed by atoms with Gasteiger partial charge in [0.2, 0.25) is 0 Å². The van der Waals surface area contributed by atoms with Crippen LogP contribution in [0.25, 0.3) is 11.4 Å². The number of phenols is 1. The van der Waals surface area contributed by atoms with E-state index >= 15 is 0 Å². The molecule has 3 rings (SSSR count). The highest BCUT2D eigenvalue weighted by Crippen LogP contribution is 2.35. The van der Waals surface area contributed by atoms with E-state index in [9.17, 15) is 10.4 Å². The molecule has 1 heterocycles. The fourth-order valence-electron chi connectivity index (χ4n) is 3.24. The number of rotatable bonds is 2. The van der Waals surface area contributed by atoms with Gasteiger partial charge in [0, 0.05) is 5.92 Å². The molecule has 3 N–H and O–H groups in total. The molecule has 1 aromatic heterocycles. The van der Waals surface area contributed by atoms with Crippen molar-refractivity contribution in [1.29, 1.82) is 5.26 Å². The number of aromatic hydroxyl groups is 1. The number of nitrogen functional groups attached to an aromatic ring is 1. The largest absolute Gasteiger partial charge is 0.507 e. The van der Waals surface area contributed by atoms with Crippen LogP contribution in [-0.4, -0.2) is 15.1 Å². The van der Waals surface area contributed by atoms with Gasteiger partial charge in [-0.05, 0) is 25.0 Å². The minimum absolute atomic E-state index is 0.114. The van der Waals surface area contributed by atoms with Crippen molar-refractivity contribution in [1.82, 2.24) is 9.97 Å². The highest BCUT2D eigenvalue weighted by atomic mass is 16.3. The molecule has 1 aliphatic carbocycles. The molecule has 2 aromatic rings. The Labute approximate surface area is 135 Å². The molecule has 0 saturated heterocycles. The average molecular weight is 308 g/mol. The molecule has 5 nitrogen and oxygen atoms in total. The van der Waals surface area contributed by atoms with Crippen LogP contribution in [0.4, 0.5) is 5.82 Å². The van der Waals surface area contributed by atoms with Crippen LogP contribution in [0.15, 0.2) is 24.3 Å². The number of phenolic OH excluding ortho intramolecular Hbond substituents is 1. The van der Waals surface area contributed by atoms with Gasteiger partial charge >= 0.3 is 0 Å². The van der Waals surface area contributed by atoms with Crippen molar-refractivity contribution in [3.05, 3.63) is 35.5 Å². The zero-order valence-corrected chi connectivity index (χ0v) is 13.0. The van der Waals surface area contributed by atoms with Gasteiger partial charge in [0.25, 0.3) is 0 Å². The lowest BCUT2D eigenvalue weighted by Crippen LogP contribution is -2.10. The number of nitrogens with two attached hydrogens (primary N) is 1. The van der Waals surface area contributed by atoms with E-state index in [0.717, 1.165) is 31.4 Å². The van der Waals surface area contributed by atoms with E-state index in [1.165, 1.54) is 12.8 Å². The Morgan fingerprint density at radius 2 is 1.78 bits per heavy atom. The molecule has 1 aliphatic rings. The number of aromatic nitrogens is 2. The van der Waals surface area contributed by atoms with Crippen molar-refractivity contribution in [3.63, 3.8) is 0 Å². The van der Waals surface area contributed by atoms with Gasteiger partial charge in [0.05, 0.1) is 11.3 Å². The predicted octanol–water partition coefficient (Wildman–Crippen LogP) is 3.74. The van der Waals surface area contributed by atoms with Crippen molar-refractivity contribution < 1.29 is 5.11 Å². The molecule has 23 heavy (non-hydrogen) atoms. The lowest BCUT2D eigenvalue weighted by molar-refractivity contribution is 0.476. The van der Waals surface area contributed by atoms with Crippen LogP contribution in [0, 0.1) is 11.3 Å². The summed E-state index contributed by atoms with van der Waals surface area (Å²) in [7, 11) is 0. The molecule has 0 unspecified atom stereocenters. The molecule has 0 spiro atoms. The molecule has 1 saturated carbocycles. The van der Waals surface area contributed by atoms with E-state index < -0.39 is 0 Å². The number of anilines is 1. The summed E-state index contributed by atoms with van der Waals surface area (Å²) < 4.78 is 0. The SMILES string of the molecule is N#Cc1c(N)nc(-c2ccccc2O)nc1C1CCCCCC1. The first-order valence-electron chi connectivity index (χ1n) is 8.06. The predicted molar refractivity (Wildman–Crippen MR) is 88.7 cm³/mol. The molecule has 0 bridgehead atoms. The highest BCUT2D eigenvalue weighted by Gasteiger charge is 2.23. The van der Waals surface area contributed by atoms with Crippen molar-refractivity contribution in [2.45, 2.75) is 44.4 Å². The van der Waals surface area contributed by atoms with Crippen LogP contribution in [0.2, 0.25) is 0 Å². The first kappa shape index (κ1) is 15.3. The zero-order valence-electron chi connectivity index (χ0n) is 13.0. The second kappa shape index (κ2) is 6.66. The standard InChI is InChI=1S/C18H20N4O/c19-11-14-16(12-7-3-1-2-4-8-12)21-18(22-17(14)20)13-9-5-6-10-15(13)23/h5-6,9-10,12,23H,1-4,7-8H2,(H2,20,21,22). The van der Waals surface area contributed by atoms with E-state index in [0.29, 0.717) is 17.0 Å². The maximum absolute atomic E-state index is 10.0. The molecule has 0 radical (unpaired) electrons. The number of benzene rings is 1. The van der Waals surface area contributed by atoms with E-state index in [-0.39, 0.29) is 17.5 Å². The summed E-state index contributed by atoms with van der Waals surface area (Å²) in [6, 6.07) is 9.08. The van der Waals surface area contributed by atoms with Gasteiger partial charge < -0.3 is 10.8 Å². The van der Waals surface area contributed by atoms with Crippen LogP contribution < -0.4 is 5.73 Å². The molecule has 0 atom stereocenters. The van der Waals surface area contributed by atoms with Crippen molar-refractivity contribution in [2.24, 2.45) is 0 Å². The molecule has 0 amide bonds. The summed E-state index contributed by atoms with van der Waals surface area (Å²) in [6.07, 6.45) is 6.78. The molecule has 5 heteroatoms. The van der Waals surface area contributed by atoms with Crippen molar-refractivity contribution >= 4 is 5.82 Å². The third-order valence-corrected chi connectivity index (χ3v) is 4.46. The molecule has 1 fully saturated rings. The minimum Gasteiger partial charge on any atom is -0.507 e. The third-order valence-electron chi connectivity index (χ3n) is 4.46.